The van der Waals surface area contributed by atoms with E-state index in [1.807, 2.05) is 13.0 Å². The van der Waals surface area contributed by atoms with Gasteiger partial charge in [0.15, 0.2) is 0 Å². The molecule has 0 atom stereocenters. The van der Waals surface area contributed by atoms with Crippen molar-refractivity contribution in [3.63, 3.8) is 0 Å². The van der Waals surface area contributed by atoms with Crippen LogP contribution in [0.25, 0.3) is 0 Å². The van der Waals surface area contributed by atoms with Crippen molar-refractivity contribution in [2.45, 2.75) is 26.2 Å². The first-order valence-corrected chi connectivity index (χ1v) is 4.61. The van der Waals surface area contributed by atoms with E-state index in [4.69, 9.17) is 0 Å². The molecule has 0 fully saturated rings. The third kappa shape index (κ3) is 2.00. The van der Waals surface area contributed by atoms with Gasteiger partial charge in [-0.3, -0.25) is 0 Å². The van der Waals surface area contributed by atoms with Gasteiger partial charge in [0.25, 0.3) is 5.92 Å². The number of alkyl halides is 2. The molecule has 0 nitrogen and oxygen atoms in total. The van der Waals surface area contributed by atoms with Crippen LogP contribution in [0.1, 0.15) is 25.0 Å². The molecule has 0 radical (unpaired) electrons. The first-order valence-electron chi connectivity index (χ1n) is 4.61. The van der Waals surface area contributed by atoms with Crippen molar-refractivity contribution in [3.05, 3.63) is 47.5 Å². The second kappa shape index (κ2) is 3.91. The number of halogens is 2. The minimum Gasteiger partial charge on any atom is -0.196 e. The van der Waals surface area contributed by atoms with Crippen molar-refractivity contribution < 1.29 is 8.78 Å². The van der Waals surface area contributed by atoms with Crippen molar-refractivity contribution in [1.29, 1.82) is 0 Å². The van der Waals surface area contributed by atoms with Crippen LogP contribution < -0.4 is 0 Å². The zero-order chi connectivity index (χ0) is 10.8. The molecule has 0 aliphatic heterocycles. The van der Waals surface area contributed by atoms with Gasteiger partial charge in [0.1, 0.15) is 0 Å². The van der Waals surface area contributed by atoms with Gasteiger partial charge in [-0.15, -0.1) is 0 Å². The summed E-state index contributed by atoms with van der Waals surface area (Å²) < 4.78 is 27.0. The maximum absolute atomic E-state index is 13.5. The molecular weight excluding hydrogens is 182 g/mol. The Morgan fingerprint density at radius 1 is 1.43 bits per heavy atom. The number of aryl methyl sites for hydroxylation is 1. The Bertz CT molecular complexity index is 340. The summed E-state index contributed by atoms with van der Waals surface area (Å²) in [6.45, 7) is 6.60. The fourth-order valence-electron chi connectivity index (χ4n) is 1.23. The van der Waals surface area contributed by atoms with Crippen molar-refractivity contribution >= 4 is 0 Å². The SMILES string of the molecule is C=C(C)C(F)(F)c1cccc(CC)c1. The fraction of sp³-hybridized carbons (Fsp3) is 0.333. The molecule has 0 amide bonds. The molecule has 0 aliphatic carbocycles. The summed E-state index contributed by atoms with van der Waals surface area (Å²) in [7, 11) is 0. The van der Waals surface area contributed by atoms with Gasteiger partial charge in [-0.05, 0) is 30.5 Å². The zero-order valence-electron chi connectivity index (χ0n) is 8.48. The predicted molar refractivity (Wildman–Crippen MR) is 54.5 cm³/mol. The molecule has 0 unspecified atom stereocenters. The third-order valence-electron chi connectivity index (χ3n) is 2.23. The largest absolute Gasteiger partial charge is 0.294 e. The van der Waals surface area contributed by atoms with Gasteiger partial charge in [0.05, 0.1) is 0 Å². The molecule has 14 heavy (non-hydrogen) atoms. The molecule has 1 aromatic carbocycles. The molecule has 0 aliphatic rings. The highest BCUT2D eigenvalue weighted by atomic mass is 19.3. The van der Waals surface area contributed by atoms with Crippen molar-refractivity contribution in [3.8, 4) is 0 Å². The highest BCUT2D eigenvalue weighted by Gasteiger charge is 2.32. The molecular formula is C12H14F2. The van der Waals surface area contributed by atoms with Gasteiger partial charge < -0.3 is 0 Å². The molecule has 0 bridgehead atoms. The summed E-state index contributed by atoms with van der Waals surface area (Å²) in [5.74, 6) is -2.91. The number of hydrogen-bond donors (Lipinski definition) is 0. The van der Waals surface area contributed by atoms with Crippen LogP contribution in [0, 0.1) is 0 Å². The molecule has 76 valence electrons. The first-order chi connectivity index (χ1) is 6.48. The lowest BCUT2D eigenvalue weighted by Crippen LogP contribution is -2.14. The molecule has 1 rings (SSSR count). The van der Waals surface area contributed by atoms with Crippen LogP contribution in [0.15, 0.2) is 36.4 Å². The second-order valence-electron chi connectivity index (χ2n) is 3.41. The Balaban J connectivity index is 3.12. The highest BCUT2D eigenvalue weighted by molar-refractivity contribution is 5.31. The topological polar surface area (TPSA) is 0 Å². The summed E-state index contributed by atoms with van der Waals surface area (Å²) >= 11 is 0. The molecule has 0 N–H and O–H groups in total. The lowest BCUT2D eigenvalue weighted by atomic mass is 10.00. The van der Waals surface area contributed by atoms with Crippen molar-refractivity contribution in [2.24, 2.45) is 0 Å². The van der Waals surface area contributed by atoms with Crippen LogP contribution in [0.2, 0.25) is 0 Å². The minimum atomic E-state index is -2.91. The molecule has 0 saturated heterocycles. The van der Waals surface area contributed by atoms with Gasteiger partial charge in [-0.2, -0.15) is 8.78 Å². The van der Waals surface area contributed by atoms with Crippen LogP contribution in [-0.2, 0) is 12.3 Å². The normalized spacial score (nSPS) is 11.4. The molecule has 0 saturated carbocycles. The summed E-state index contributed by atoms with van der Waals surface area (Å²) in [5.41, 5.74) is 0.832. The Labute approximate surface area is 83.3 Å². The van der Waals surface area contributed by atoms with E-state index in [2.05, 4.69) is 6.58 Å². The van der Waals surface area contributed by atoms with Crippen LogP contribution in [0.4, 0.5) is 8.78 Å². The Morgan fingerprint density at radius 2 is 2.07 bits per heavy atom. The van der Waals surface area contributed by atoms with E-state index in [0.29, 0.717) is 0 Å². The van der Waals surface area contributed by atoms with Crippen molar-refractivity contribution in [2.75, 3.05) is 0 Å². The van der Waals surface area contributed by atoms with E-state index in [1.165, 1.54) is 19.1 Å². The molecule has 1 aromatic rings. The average molecular weight is 196 g/mol. The smallest absolute Gasteiger partial charge is 0.196 e. The maximum atomic E-state index is 13.5. The minimum absolute atomic E-state index is 0.0318. The Morgan fingerprint density at radius 3 is 2.57 bits per heavy atom. The van der Waals surface area contributed by atoms with Crippen LogP contribution >= 0.6 is 0 Å². The number of benzene rings is 1. The van der Waals surface area contributed by atoms with E-state index < -0.39 is 5.92 Å². The lowest BCUT2D eigenvalue weighted by Gasteiger charge is -2.17. The van der Waals surface area contributed by atoms with Crippen LogP contribution in [-0.4, -0.2) is 0 Å². The zero-order valence-corrected chi connectivity index (χ0v) is 8.48. The lowest BCUT2D eigenvalue weighted by molar-refractivity contribution is 0.0385. The molecule has 0 heterocycles. The monoisotopic (exact) mass is 196 g/mol. The summed E-state index contributed by atoms with van der Waals surface area (Å²) in [5, 5.41) is 0. The van der Waals surface area contributed by atoms with Crippen molar-refractivity contribution in [1.82, 2.24) is 0 Å². The summed E-state index contributed by atoms with van der Waals surface area (Å²) in [6, 6.07) is 6.48. The third-order valence-corrected chi connectivity index (χ3v) is 2.23. The van der Waals surface area contributed by atoms with Gasteiger partial charge in [0, 0.05) is 5.56 Å². The van der Waals surface area contributed by atoms with Gasteiger partial charge in [0.2, 0.25) is 0 Å². The molecule has 2 heteroatoms. The summed E-state index contributed by atoms with van der Waals surface area (Å²) in [6.07, 6.45) is 0.764. The van der Waals surface area contributed by atoms with E-state index in [9.17, 15) is 8.78 Å². The first kappa shape index (κ1) is 10.9. The second-order valence-corrected chi connectivity index (χ2v) is 3.41. The molecule has 0 spiro atoms. The van der Waals surface area contributed by atoms with Crippen LogP contribution in [0.5, 0.6) is 0 Å². The quantitative estimate of drug-likeness (QED) is 0.643. The van der Waals surface area contributed by atoms with Crippen LogP contribution in [0.3, 0.4) is 0 Å². The number of allylic oxidation sites excluding steroid dienone is 1. The van der Waals surface area contributed by atoms with E-state index in [0.717, 1.165) is 12.0 Å². The van der Waals surface area contributed by atoms with Gasteiger partial charge in [-0.25, -0.2) is 0 Å². The molecule has 0 aromatic heterocycles. The predicted octanol–water partition coefficient (Wildman–Crippen LogP) is 3.92. The summed E-state index contributed by atoms with van der Waals surface area (Å²) in [4.78, 5) is 0. The van der Waals surface area contributed by atoms with E-state index in [-0.39, 0.29) is 11.1 Å². The average Bonchev–Trinajstić information content (AvgIpc) is 2.17. The number of hydrogen-bond acceptors (Lipinski definition) is 0. The van der Waals surface area contributed by atoms with Gasteiger partial charge in [-0.1, -0.05) is 31.7 Å². The van der Waals surface area contributed by atoms with E-state index >= 15 is 0 Å². The van der Waals surface area contributed by atoms with Gasteiger partial charge >= 0.3 is 0 Å². The fourth-order valence-corrected chi connectivity index (χ4v) is 1.23. The highest BCUT2D eigenvalue weighted by Crippen LogP contribution is 2.34. The standard InChI is InChI=1S/C12H14F2/c1-4-10-6-5-7-11(8-10)12(13,14)9(2)3/h5-8H,2,4H2,1,3H3. The Hall–Kier alpha value is -1.18. The maximum Gasteiger partial charge on any atom is 0.294 e. The Kier molecular flexibility index (Phi) is 3.04. The van der Waals surface area contributed by atoms with E-state index in [1.54, 1.807) is 6.07 Å². The number of rotatable bonds is 3.